The van der Waals surface area contributed by atoms with Crippen molar-refractivity contribution in [1.82, 2.24) is 15.2 Å². The maximum absolute atomic E-state index is 6.18. The molecule has 0 saturated carbocycles. The van der Waals surface area contributed by atoms with Crippen molar-refractivity contribution in [2.75, 3.05) is 18.1 Å². The Balaban J connectivity index is 2.21. The summed E-state index contributed by atoms with van der Waals surface area (Å²) >= 11 is 16.8. The Bertz CT molecular complexity index is 591. The second-order valence-corrected chi connectivity index (χ2v) is 7.75. The number of thioether (sulfide) groups is 1. The lowest BCUT2D eigenvalue weighted by Gasteiger charge is -2.09. The van der Waals surface area contributed by atoms with E-state index >= 15 is 0 Å². The summed E-state index contributed by atoms with van der Waals surface area (Å²) in [5, 5.41) is 13.0. The molecule has 9 heteroatoms. The summed E-state index contributed by atoms with van der Waals surface area (Å²) in [5.41, 5.74) is 0. The number of anilines is 1. The number of rotatable bonds is 6. The largest absolute Gasteiger partial charge is 0.369 e. The van der Waals surface area contributed by atoms with Crippen LogP contribution in [0.25, 0.3) is 0 Å². The van der Waals surface area contributed by atoms with E-state index in [9.17, 15) is 0 Å². The quantitative estimate of drug-likeness (QED) is 0.730. The van der Waals surface area contributed by atoms with Gasteiger partial charge in [0.25, 0.3) is 0 Å². The van der Waals surface area contributed by atoms with Crippen molar-refractivity contribution in [3.05, 3.63) is 16.1 Å². The van der Waals surface area contributed by atoms with Gasteiger partial charge in [0.05, 0.1) is 10.0 Å². The molecule has 0 fully saturated rings. The first-order chi connectivity index (χ1) is 9.63. The molecule has 20 heavy (non-hydrogen) atoms. The Kier molecular flexibility index (Phi) is 6.22. The number of hydrogen-bond acceptors (Lipinski definition) is 7. The SMILES string of the molecule is CCCNc1nc(Sc2nnc(SC)s2)c(Cl)cc1Cl. The lowest BCUT2D eigenvalue weighted by molar-refractivity contribution is 0.949. The Morgan fingerprint density at radius 3 is 2.65 bits per heavy atom. The number of halogens is 2. The van der Waals surface area contributed by atoms with Gasteiger partial charge in [-0.15, -0.1) is 10.2 Å². The van der Waals surface area contributed by atoms with Crippen LogP contribution in [0.4, 0.5) is 5.82 Å². The molecule has 0 aromatic carbocycles. The van der Waals surface area contributed by atoms with Crippen LogP contribution >= 0.6 is 58.1 Å². The van der Waals surface area contributed by atoms with E-state index in [1.807, 2.05) is 6.26 Å². The van der Waals surface area contributed by atoms with E-state index in [0.29, 0.717) is 20.9 Å². The van der Waals surface area contributed by atoms with Gasteiger partial charge in [-0.3, -0.25) is 0 Å². The zero-order valence-corrected chi connectivity index (χ0v) is 14.8. The maximum Gasteiger partial charge on any atom is 0.181 e. The van der Waals surface area contributed by atoms with E-state index in [1.165, 1.54) is 23.1 Å². The number of pyridine rings is 1. The van der Waals surface area contributed by atoms with Gasteiger partial charge >= 0.3 is 0 Å². The van der Waals surface area contributed by atoms with Gasteiger partial charge in [0.1, 0.15) is 10.8 Å². The fourth-order valence-corrected chi connectivity index (χ4v) is 4.18. The molecule has 0 spiro atoms. The van der Waals surface area contributed by atoms with Gasteiger partial charge in [-0.2, -0.15) is 0 Å². The Morgan fingerprint density at radius 2 is 2.00 bits per heavy atom. The summed E-state index contributed by atoms with van der Waals surface area (Å²) in [5.74, 6) is 0.648. The molecule has 0 aliphatic carbocycles. The van der Waals surface area contributed by atoms with Gasteiger partial charge in [-0.1, -0.05) is 53.2 Å². The highest BCUT2D eigenvalue weighted by molar-refractivity contribution is 8.03. The topological polar surface area (TPSA) is 50.7 Å². The summed E-state index contributed by atoms with van der Waals surface area (Å²) in [6.07, 6.45) is 2.96. The van der Waals surface area contributed by atoms with Crippen LogP contribution < -0.4 is 5.32 Å². The molecule has 0 aliphatic rings. The van der Waals surface area contributed by atoms with Crippen molar-refractivity contribution in [3.63, 3.8) is 0 Å². The number of nitrogens with one attached hydrogen (secondary N) is 1. The minimum absolute atomic E-state index is 0.517. The first kappa shape index (κ1) is 16.2. The average molecular weight is 367 g/mol. The molecule has 0 amide bonds. The number of hydrogen-bond donors (Lipinski definition) is 1. The lowest BCUT2D eigenvalue weighted by Crippen LogP contribution is -2.03. The first-order valence-corrected chi connectivity index (χ1v) is 9.40. The molecule has 2 aromatic rings. The minimum atomic E-state index is 0.517. The van der Waals surface area contributed by atoms with Gasteiger partial charge in [0, 0.05) is 6.54 Å². The molecular formula is C11H12Cl2N4S3. The van der Waals surface area contributed by atoms with Crippen molar-refractivity contribution < 1.29 is 0 Å². The van der Waals surface area contributed by atoms with Crippen molar-refractivity contribution >= 4 is 63.9 Å². The van der Waals surface area contributed by atoms with Crippen LogP contribution in [0, 0.1) is 0 Å². The molecule has 0 atom stereocenters. The molecule has 0 radical (unpaired) electrons. The second kappa shape index (κ2) is 7.70. The molecule has 0 saturated heterocycles. The zero-order chi connectivity index (χ0) is 14.5. The molecular weight excluding hydrogens is 355 g/mol. The molecule has 0 unspecified atom stereocenters. The molecule has 0 bridgehead atoms. The third-order valence-electron chi connectivity index (χ3n) is 2.19. The normalized spacial score (nSPS) is 10.8. The summed E-state index contributed by atoms with van der Waals surface area (Å²) in [6, 6.07) is 1.70. The van der Waals surface area contributed by atoms with Crippen LogP contribution in [-0.2, 0) is 0 Å². The summed E-state index contributed by atoms with van der Waals surface area (Å²) < 4.78 is 1.73. The van der Waals surface area contributed by atoms with E-state index in [2.05, 4.69) is 27.4 Å². The summed E-state index contributed by atoms with van der Waals surface area (Å²) in [7, 11) is 0. The van der Waals surface area contributed by atoms with Crippen LogP contribution in [-0.4, -0.2) is 28.0 Å². The maximum atomic E-state index is 6.18. The monoisotopic (exact) mass is 366 g/mol. The fraction of sp³-hybridized carbons (Fsp3) is 0.364. The number of aromatic nitrogens is 3. The molecule has 0 aliphatic heterocycles. The molecule has 4 nitrogen and oxygen atoms in total. The van der Waals surface area contributed by atoms with E-state index in [0.717, 1.165) is 21.6 Å². The van der Waals surface area contributed by atoms with Gasteiger partial charge in [0.2, 0.25) is 0 Å². The van der Waals surface area contributed by atoms with Gasteiger partial charge in [-0.05, 0) is 30.5 Å². The molecule has 108 valence electrons. The molecule has 2 aromatic heterocycles. The Labute approximate surface area is 140 Å². The minimum Gasteiger partial charge on any atom is -0.369 e. The standard InChI is InChI=1S/C11H12Cl2N4S3/c1-3-4-14-8-6(12)5-7(13)9(15-8)19-11-17-16-10(18-2)20-11/h5H,3-4H2,1-2H3,(H,14,15). The van der Waals surface area contributed by atoms with Crippen molar-refractivity contribution in [1.29, 1.82) is 0 Å². The number of nitrogens with zero attached hydrogens (tertiary/aromatic N) is 3. The molecule has 2 rings (SSSR count). The fourth-order valence-electron chi connectivity index (χ4n) is 1.29. The van der Waals surface area contributed by atoms with Crippen molar-refractivity contribution in [2.45, 2.75) is 27.0 Å². The van der Waals surface area contributed by atoms with E-state index in [1.54, 1.807) is 17.8 Å². The summed E-state index contributed by atoms with van der Waals surface area (Å²) in [6.45, 7) is 2.89. The third kappa shape index (κ3) is 4.14. The molecule has 2 heterocycles. The second-order valence-electron chi connectivity index (χ2n) is 3.67. The lowest BCUT2D eigenvalue weighted by atomic mass is 10.4. The van der Waals surface area contributed by atoms with Crippen molar-refractivity contribution in [3.8, 4) is 0 Å². The highest BCUT2D eigenvalue weighted by atomic mass is 35.5. The zero-order valence-electron chi connectivity index (χ0n) is 10.8. The van der Waals surface area contributed by atoms with Crippen LogP contribution in [0.3, 0.4) is 0 Å². The van der Waals surface area contributed by atoms with Crippen LogP contribution in [0.2, 0.25) is 10.0 Å². The predicted molar refractivity (Wildman–Crippen MR) is 88.9 cm³/mol. The van der Waals surface area contributed by atoms with Crippen LogP contribution in [0.5, 0.6) is 0 Å². The third-order valence-corrected chi connectivity index (χ3v) is 5.83. The average Bonchev–Trinajstić information content (AvgIpc) is 2.88. The van der Waals surface area contributed by atoms with E-state index in [4.69, 9.17) is 23.2 Å². The smallest absolute Gasteiger partial charge is 0.181 e. The Hall–Kier alpha value is -0.210. The van der Waals surface area contributed by atoms with Crippen LogP contribution in [0.15, 0.2) is 19.8 Å². The van der Waals surface area contributed by atoms with Crippen molar-refractivity contribution in [2.24, 2.45) is 0 Å². The first-order valence-electron chi connectivity index (χ1n) is 5.79. The van der Waals surface area contributed by atoms with E-state index in [-0.39, 0.29) is 0 Å². The highest BCUT2D eigenvalue weighted by Gasteiger charge is 2.13. The molecule has 1 N–H and O–H groups in total. The predicted octanol–water partition coefficient (Wildman–Crippen LogP) is 4.93. The van der Waals surface area contributed by atoms with Gasteiger partial charge < -0.3 is 5.32 Å². The van der Waals surface area contributed by atoms with E-state index < -0.39 is 0 Å². The summed E-state index contributed by atoms with van der Waals surface area (Å²) in [4.78, 5) is 4.46. The van der Waals surface area contributed by atoms with Gasteiger partial charge in [0.15, 0.2) is 8.68 Å². The highest BCUT2D eigenvalue weighted by Crippen LogP contribution is 2.37. The van der Waals surface area contributed by atoms with Gasteiger partial charge in [-0.25, -0.2) is 4.98 Å². The Morgan fingerprint density at radius 1 is 1.25 bits per heavy atom. The van der Waals surface area contributed by atoms with Crippen LogP contribution in [0.1, 0.15) is 13.3 Å².